The van der Waals surface area contributed by atoms with Crippen LogP contribution in [0.3, 0.4) is 0 Å². The summed E-state index contributed by atoms with van der Waals surface area (Å²) < 4.78 is 23.1. The third-order valence-corrected chi connectivity index (χ3v) is 4.05. The van der Waals surface area contributed by atoms with E-state index in [1.807, 2.05) is 0 Å². The van der Waals surface area contributed by atoms with E-state index >= 15 is 0 Å². The number of sulfone groups is 1. The number of benzene rings is 1. The number of nitrogens with zero attached hydrogens (tertiary/aromatic N) is 2. The molecule has 0 unspecified atom stereocenters. The molecule has 20 heavy (non-hydrogen) atoms. The smallest absolute Gasteiger partial charge is 0.175 e. The highest BCUT2D eigenvalue weighted by molar-refractivity contribution is 7.90. The average molecular weight is 288 g/mol. The summed E-state index contributed by atoms with van der Waals surface area (Å²) >= 11 is 0. The fourth-order valence-electron chi connectivity index (χ4n) is 1.95. The summed E-state index contributed by atoms with van der Waals surface area (Å²) in [5.74, 6) is 1.03. The quantitative estimate of drug-likeness (QED) is 0.746. The van der Waals surface area contributed by atoms with Crippen LogP contribution in [0.1, 0.15) is 0 Å². The molecule has 0 saturated carbocycles. The summed E-state index contributed by atoms with van der Waals surface area (Å²) in [4.78, 5) is 11.7. The zero-order valence-corrected chi connectivity index (χ0v) is 11.5. The molecule has 0 aliphatic rings. The van der Waals surface area contributed by atoms with Crippen molar-refractivity contribution in [2.24, 2.45) is 0 Å². The van der Waals surface area contributed by atoms with Crippen molar-refractivity contribution in [2.75, 3.05) is 12.0 Å². The molecule has 0 bridgehead atoms. The number of H-pyrrole nitrogens is 1. The van der Waals surface area contributed by atoms with Gasteiger partial charge >= 0.3 is 0 Å². The Kier molecular flexibility index (Phi) is 2.72. The van der Waals surface area contributed by atoms with Crippen molar-refractivity contribution in [3.05, 3.63) is 36.5 Å². The van der Waals surface area contributed by atoms with Gasteiger partial charge in [-0.2, -0.15) is 0 Å². The number of aromatic nitrogens is 3. The summed E-state index contributed by atoms with van der Waals surface area (Å²) in [5.41, 5.74) is 7.80. The van der Waals surface area contributed by atoms with Crippen molar-refractivity contribution in [3.8, 4) is 11.4 Å². The number of nitrogens with one attached hydrogen (secondary N) is 1. The molecule has 0 aliphatic heterocycles. The molecule has 3 aromatic rings. The lowest BCUT2D eigenvalue weighted by atomic mass is 10.2. The number of fused-ring (bicyclic) bond motifs is 1. The number of nitrogens with two attached hydrogens (primary N) is 1. The highest BCUT2D eigenvalue weighted by Crippen LogP contribution is 2.23. The Morgan fingerprint density at radius 3 is 2.70 bits per heavy atom. The Labute approximate surface area is 115 Å². The van der Waals surface area contributed by atoms with Gasteiger partial charge in [0.15, 0.2) is 9.84 Å². The maximum atomic E-state index is 11.5. The Morgan fingerprint density at radius 2 is 2.00 bits per heavy atom. The number of imidazole rings is 1. The first-order valence-electron chi connectivity index (χ1n) is 5.85. The zero-order chi connectivity index (χ0) is 14.3. The Bertz CT molecular complexity index is 900. The lowest BCUT2D eigenvalue weighted by molar-refractivity contribution is 0.602. The zero-order valence-electron chi connectivity index (χ0n) is 10.7. The second-order valence-corrected chi connectivity index (χ2v) is 6.52. The maximum Gasteiger partial charge on any atom is 0.175 e. The van der Waals surface area contributed by atoms with E-state index in [4.69, 9.17) is 5.73 Å². The fourth-order valence-corrected chi connectivity index (χ4v) is 2.60. The summed E-state index contributed by atoms with van der Waals surface area (Å²) in [6.45, 7) is 0. The Hall–Kier alpha value is -2.41. The van der Waals surface area contributed by atoms with Gasteiger partial charge in [0, 0.05) is 18.0 Å². The number of hydrogen-bond acceptors (Lipinski definition) is 5. The minimum absolute atomic E-state index is 0.259. The van der Waals surface area contributed by atoms with E-state index < -0.39 is 9.84 Å². The molecule has 0 radical (unpaired) electrons. The molecule has 0 amide bonds. The van der Waals surface area contributed by atoms with Gasteiger partial charge in [-0.3, -0.25) is 0 Å². The second kappa shape index (κ2) is 4.31. The molecule has 3 rings (SSSR count). The third-order valence-electron chi connectivity index (χ3n) is 2.94. The number of anilines is 1. The van der Waals surface area contributed by atoms with Gasteiger partial charge in [-0.25, -0.2) is 18.4 Å². The second-order valence-electron chi connectivity index (χ2n) is 4.51. The molecule has 0 saturated heterocycles. The molecule has 2 aromatic heterocycles. The van der Waals surface area contributed by atoms with E-state index in [-0.39, 0.29) is 4.90 Å². The average Bonchev–Trinajstić information content (AvgIpc) is 2.80. The van der Waals surface area contributed by atoms with Crippen LogP contribution >= 0.6 is 0 Å². The summed E-state index contributed by atoms with van der Waals surface area (Å²) in [6, 6.07) is 8.28. The molecule has 2 heterocycles. The van der Waals surface area contributed by atoms with Crippen molar-refractivity contribution in [1.82, 2.24) is 15.0 Å². The highest BCUT2D eigenvalue weighted by atomic mass is 32.2. The molecular formula is C13H12N4O2S. The summed E-state index contributed by atoms with van der Waals surface area (Å²) in [6.07, 6.45) is 2.77. The van der Waals surface area contributed by atoms with Crippen molar-refractivity contribution in [3.63, 3.8) is 0 Å². The molecule has 0 spiro atoms. The van der Waals surface area contributed by atoms with Crippen LogP contribution in [0.2, 0.25) is 0 Å². The Morgan fingerprint density at radius 1 is 1.20 bits per heavy atom. The van der Waals surface area contributed by atoms with Crippen LogP contribution < -0.4 is 5.73 Å². The standard InChI is InChI=1S/C13H12N4O2S/c1-20(18,19)9-2-3-10-11(7-9)17-13(16-10)8-4-5-15-12(14)6-8/h2-7H,1H3,(H2,14,15)(H,16,17). The van der Waals surface area contributed by atoms with Gasteiger partial charge in [-0.1, -0.05) is 0 Å². The van der Waals surface area contributed by atoms with Gasteiger partial charge in [0.2, 0.25) is 0 Å². The molecule has 7 heteroatoms. The Balaban J connectivity index is 2.16. The first kappa shape index (κ1) is 12.6. The van der Waals surface area contributed by atoms with Gasteiger partial charge in [-0.05, 0) is 30.3 Å². The minimum Gasteiger partial charge on any atom is -0.384 e. The van der Waals surface area contributed by atoms with Gasteiger partial charge in [0.05, 0.1) is 15.9 Å². The first-order chi connectivity index (χ1) is 9.43. The van der Waals surface area contributed by atoms with Crippen molar-refractivity contribution in [1.29, 1.82) is 0 Å². The van der Waals surface area contributed by atoms with Crippen LogP contribution in [0.15, 0.2) is 41.4 Å². The van der Waals surface area contributed by atoms with Crippen LogP contribution in [-0.2, 0) is 9.84 Å². The molecule has 3 N–H and O–H groups in total. The SMILES string of the molecule is CS(=O)(=O)c1ccc2nc(-c3ccnc(N)c3)[nH]c2c1. The monoisotopic (exact) mass is 288 g/mol. The minimum atomic E-state index is -3.23. The number of aromatic amines is 1. The van der Waals surface area contributed by atoms with E-state index in [0.717, 1.165) is 5.56 Å². The van der Waals surface area contributed by atoms with Gasteiger partial charge in [-0.15, -0.1) is 0 Å². The lowest BCUT2D eigenvalue weighted by Crippen LogP contribution is -1.96. The number of rotatable bonds is 2. The molecular weight excluding hydrogens is 276 g/mol. The van der Waals surface area contributed by atoms with Crippen molar-refractivity contribution < 1.29 is 8.42 Å². The predicted octanol–water partition coefficient (Wildman–Crippen LogP) is 1.61. The van der Waals surface area contributed by atoms with Crippen LogP contribution in [0.4, 0.5) is 5.82 Å². The van der Waals surface area contributed by atoms with Crippen molar-refractivity contribution >= 4 is 26.7 Å². The van der Waals surface area contributed by atoms with Gasteiger partial charge in [0.1, 0.15) is 11.6 Å². The molecule has 1 aromatic carbocycles. The molecule has 0 fully saturated rings. The number of hydrogen-bond donors (Lipinski definition) is 2. The van der Waals surface area contributed by atoms with Gasteiger partial charge < -0.3 is 10.7 Å². The lowest BCUT2D eigenvalue weighted by Gasteiger charge is -1.97. The van der Waals surface area contributed by atoms with E-state index in [2.05, 4.69) is 15.0 Å². The van der Waals surface area contributed by atoms with E-state index in [0.29, 0.717) is 22.7 Å². The molecule has 0 aliphatic carbocycles. The number of nitrogen functional groups attached to an aromatic ring is 1. The third kappa shape index (κ3) is 2.23. The largest absolute Gasteiger partial charge is 0.384 e. The van der Waals surface area contributed by atoms with Crippen LogP contribution in [-0.4, -0.2) is 29.6 Å². The maximum absolute atomic E-state index is 11.5. The van der Waals surface area contributed by atoms with Gasteiger partial charge in [0.25, 0.3) is 0 Å². The van der Waals surface area contributed by atoms with Crippen LogP contribution in [0.25, 0.3) is 22.4 Å². The summed E-state index contributed by atoms with van der Waals surface area (Å²) in [5, 5.41) is 0. The molecule has 6 nitrogen and oxygen atoms in total. The molecule has 102 valence electrons. The number of pyridine rings is 1. The highest BCUT2D eigenvalue weighted by Gasteiger charge is 2.11. The van der Waals surface area contributed by atoms with Crippen LogP contribution in [0.5, 0.6) is 0 Å². The fraction of sp³-hybridized carbons (Fsp3) is 0.0769. The first-order valence-corrected chi connectivity index (χ1v) is 7.74. The van der Waals surface area contributed by atoms with Crippen LogP contribution in [0, 0.1) is 0 Å². The van der Waals surface area contributed by atoms with E-state index in [1.54, 1.807) is 36.5 Å². The molecule has 0 atom stereocenters. The normalized spacial score (nSPS) is 11.8. The predicted molar refractivity (Wildman–Crippen MR) is 76.8 cm³/mol. The van der Waals surface area contributed by atoms with E-state index in [9.17, 15) is 8.42 Å². The topological polar surface area (TPSA) is 102 Å². The van der Waals surface area contributed by atoms with Crippen molar-refractivity contribution in [2.45, 2.75) is 4.90 Å². The summed E-state index contributed by atoms with van der Waals surface area (Å²) in [7, 11) is -3.23. The van der Waals surface area contributed by atoms with E-state index in [1.165, 1.54) is 6.26 Å².